The molecule has 1 aliphatic rings. The van der Waals surface area contributed by atoms with Crippen molar-refractivity contribution in [2.75, 3.05) is 25.1 Å². The molecule has 0 amide bonds. The van der Waals surface area contributed by atoms with E-state index in [4.69, 9.17) is 5.73 Å². The zero-order chi connectivity index (χ0) is 14.0. The first-order valence-electron chi connectivity index (χ1n) is 6.31. The van der Waals surface area contributed by atoms with Crippen molar-refractivity contribution in [3.63, 3.8) is 0 Å². The second-order valence-electron chi connectivity index (χ2n) is 5.03. The van der Waals surface area contributed by atoms with Crippen LogP contribution in [0.25, 0.3) is 0 Å². The van der Waals surface area contributed by atoms with Crippen molar-refractivity contribution in [3.8, 4) is 0 Å². The van der Waals surface area contributed by atoms with Gasteiger partial charge in [0.2, 0.25) is 0 Å². The van der Waals surface area contributed by atoms with E-state index in [1.807, 2.05) is 31.3 Å². The molecule has 2 N–H and O–H groups in total. The van der Waals surface area contributed by atoms with Gasteiger partial charge in [-0.2, -0.15) is 0 Å². The summed E-state index contributed by atoms with van der Waals surface area (Å²) in [6, 6.07) is 8.16. The molecule has 1 aromatic rings. The molecular weight excluding hydrogens is 328 g/mol. The number of likely N-dealkylation sites (N-methyl/N-ethyl adjacent to an activating group) is 1. The second kappa shape index (κ2) is 5.91. The molecule has 1 fully saturated rings. The van der Waals surface area contributed by atoms with Crippen LogP contribution in [0.2, 0.25) is 0 Å². The summed E-state index contributed by atoms with van der Waals surface area (Å²) in [5, 5.41) is 0. The molecule has 1 heterocycles. The third-order valence-corrected chi connectivity index (χ3v) is 6.03. The van der Waals surface area contributed by atoms with Gasteiger partial charge in [0.25, 0.3) is 0 Å². The molecule has 19 heavy (non-hydrogen) atoms. The molecule has 0 radical (unpaired) electrons. The Morgan fingerprint density at radius 2 is 2.05 bits per heavy atom. The number of nitrogens with two attached hydrogens (primary N) is 1. The van der Waals surface area contributed by atoms with E-state index >= 15 is 0 Å². The highest BCUT2D eigenvalue weighted by atomic mass is 79.9. The monoisotopic (exact) mass is 346 g/mol. The molecule has 2 rings (SSSR count). The van der Waals surface area contributed by atoms with E-state index in [0.717, 1.165) is 10.0 Å². The summed E-state index contributed by atoms with van der Waals surface area (Å²) in [4.78, 5) is 2.10. The van der Waals surface area contributed by atoms with Gasteiger partial charge in [0, 0.05) is 23.1 Å². The molecule has 0 aromatic heterocycles. The average Bonchev–Trinajstić information content (AvgIpc) is 2.73. The molecule has 2 unspecified atom stereocenters. The third kappa shape index (κ3) is 3.56. The topological polar surface area (TPSA) is 63.4 Å². The lowest BCUT2D eigenvalue weighted by Crippen LogP contribution is -2.39. The predicted octanol–water partition coefficient (Wildman–Crippen LogP) is 1.57. The molecule has 2 atom stereocenters. The number of hydrogen-bond donors (Lipinski definition) is 1. The number of halogens is 1. The molecule has 1 saturated heterocycles. The fourth-order valence-electron chi connectivity index (χ4n) is 2.57. The first-order chi connectivity index (χ1) is 8.93. The molecule has 0 bridgehead atoms. The quantitative estimate of drug-likeness (QED) is 0.898. The van der Waals surface area contributed by atoms with Crippen molar-refractivity contribution in [3.05, 3.63) is 34.3 Å². The van der Waals surface area contributed by atoms with E-state index in [9.17, 15) is 8.42 Å². The van der Waals surface area contributed by atoms with E-state index in [-0.39, 0.29) is 17.8 Å². The van der Waals surface area contributed by atoms with Crippen molar-refractivity contribution >= 4 is 25.8 Å². The van der Waals surface area contributed by atoms with Gasteiger partial charge >= 0.3 is 0 Å². The van der Waals surface area contributed by atoms with Crippen LogP contribution in [0.5, 0.6) is 0 Å². The minimum Gasteiger partial charge on any atom is -0.329 e. The normalized spacial score (nSPS) is 23.7. The van der Waals surface area contributed by atoms with E-state index in [2.05, 4.69) is 20.8 Å². The lowest BCUT2D eigenvalue weighted by Gasteiger charge is -2.32. The fourth-order valence-corrected chi connectivity index (χ4v) is 4.62. The van der Waals surface area contributed by atoms with E-state index < -0.39 is 9.84 Å². The molecule has 106 valence electrons. The van der Waals surface area contributed by atoms with Gasteiger partial charge in [0.15, 0.2) is 9.84 Å². The summed E-state index contributed by atoms with van der Waals surface area (Å²) >= 11 is 3.41. The van der Waals surface area contributed by atoms with Crippen LogP contribution in [0.4, 0.5) is 0 Å². The first-order valence-corrected chi connectivity index (χ1v) is 8.92. The largest absolute Gasteiger partial charge is 0.329 e. The number of hydrogen-bond acceptors (Lipinski definition) is 4. The van der Waals surface area contributed by atoms with Crippen LogP contribution < -0.4 is 5.73 Å². The van der Waals surface area contributed by atoms with Gasteiger partial charge in [-0.05, 0) is 31.2 Å². The lowest BCUT2D eigenvalue weighted by molar-refractivity contribution is 0.192. The third-order valence-electron chi connectivity index (χ3n) is 3.75. The molecule has 1 aromatic carbocycles. The van der Waals surface area contributed by atoms with Crippen LogP contribution in [-0.2, 0) is 9.84 Å². The Hall–Kier alpha value is -0.430. The maximum absolute atomic E-state index is 11.6. The molecular formula is C13H19BrN2O2S. The van der Waals surface area contributed by atoms with Crippen LogP contribution >= 0.6 is 15.9 Å². The average molecular weight is 347 g/mol. The summed E-state index contributed by atoms with van der Waals surface area (Å²) < 4.78 is 24.2. The molecule has 0 aliphatic carbocycles. The smallest absolute Gasteiger partial charge is 0.151 e. The minimum absolute atomic E-state index is 0.0615. The Kier molecular flexibility index (Phi) is 4.66. The molecule has 6 heteroatoms. The highest BCUT2D eigenvalue weighted by molar-refractivity contribution is 9.10. The Morgan fingerprint density at radius 1 is 1.42 bits per heavy atom. The van der Waals surface area contributed by atoms with Gasteiger partial charge in [-0.25, -0.2) is 8.42 Å². The molecule has 0 spiro atoms. The maximum atomic E-state index is 11.6. The first kappa shape index (κ1) is 15.0. The van der Waals surface area contributed by atoms with Crippen LogP contribution in [0.15, 0.2) is 28.7 Å². The van der Waals surface area contributed by atoms with E-state index in [1.165, 1.54) is 0 Å². The Bertz CT molecular complexity index is 530. The van der Waals surface area contributed by atoms with Crippen molar-refractivity contribution in [1.82, 2.24) is 4.90 Å². The van der Waals surface area contributed by atoms with Gasteiger partial charge in [-0.3, -0.25) is 4.90 Å². The van der Waals surface area contributed by atoms with Gasteiger partial charge in [0.1, 0.15) is 0 Å². The van der Waals surface area contributed by atoms with Gasteiger partial charge in [0.05, 0.1) is 11.5 Å². The zero-order valence-electron chi connectivity index (χ0n) is 10.9. The van der Waals surface area contributed by atoms with Crippen molar-refractivity contribution in [1.29, 1.82) is 0 Å². The van der Waals surface area contributed by atoms with Crippen LogP contribution in [-0.4, -0.2) is 44.5 Å². The standard InChI is InChI=1S/C13H19BrN2O2S/c1-16(12-6-7-19(17,18)9-12)13(8-15)10-2-4-11(14)5-3-10/h2-5,12-13H,6-9,15H2,1H3. The van der Waals surface area contributed by atoms with Crippen LogP contribution in [0.1, 0.15) is 18.0 Å². The number of sulfone groups is 1. The summed E-state index contributed by atoms with van der Waals surface area (Å²) in [5.41, 5.74) is 7.00. The van der Waals surface area contributed by atoms with Gasteiger partial charge < -0.3 is 5.73 Å². The lowest BCUT2D eigenvalue weighted by atomic mass is 10.0. The fraction of sp³-hybridized carbons (Fsp3) is 0.538. The van der Waals surface area contributed by atoms with Crippen molar-refractivity contribution in [2.24, 2.45) is 5.73 Å². The molecule has 4 nitrogen and oxygen atoms in total. The SMILES string of the molecule is CN(C1CCS(=O)(=O)C1)C(CN)c1ccc(Br)cc1. The Labute approximate surface area is 123 Å². The Balaban J connectivity index is 2.15. The van der Waals surface area contributed by atoms with Crippen LogP contribution in [0, 0.1) is 0 Å². The molecule has 0 saturated carbocycles. The van der Waals surface area contributed by atoms with E-state index in [1.54, 1.807) is 0 Å². The Morgan fingerprint density at radius 3 is 2.53 bits per heavy atom. The van der Waals surface area contributed by atoms with Crippen molar-refractivity contribution < 1.29 is 8.42 Å². The van der Waals surface area contributed by atoms with Gasteiger partial charge in [-0.15, -0.1) is 0 Å². The molecule has 1 aliphatic heterocycles. The minimum atomic E-state index is -2.86. The number of rotatable bonds is 4. The summed E-state index contributed by atoms with van der Waals surface area (Å²) in [6.45, 7) is 0.481. The number of nitrogens with zero attached hydrogens (tertiary/aromatic N) is 1. The van der Waals surface area contributed by atoms with Gasteiger partial charge in [-0.1, -0.05) is 28.1 Å². The van der Waals surface area contributed by atoms with Crippen LogP contribution in [0.3, 0.4) is 0 Å². The summed E-state index contributed by atoms with van der Waals surface area (Å²) in [6.07, 6.45) is 0.700. The predicted molar refractivity (Wildman–Crippen MR) is 80.8 cm³/mol. The summed E-state index contributed by atoms with van der Waals surface area (Å²) in [7, 11) is -0.898. The second-order valence-corrected chi connectivity index (χ2v) is 8.17. The van der Waals surface area contributed by atoms with E-state index in [0.29, 0.717) is 18.7 Å². The number of benzene rings is 1. The highest BCUT2D eigenvalue weighted by Gasteiger charge is 2.33. The zero-order valence-corrected chi connectivity index (χ0v) is 13.3. The highest BCUT2D eigenvalue weighted by Crippen LogP contribution is 2.26. The maximum Gasteiger partial charge on any atom is 0.151 e. The van der Waals surface area contributed by atoms with Crippen molar-refractivity contribution in [2.45, 2.75) is 18.5 Å². The summed E-state index contributed by atoms with van der Waals surface area (Å²) in [5.74, 6) is 0.538.